The molecule has 0 amide bonds. The molecule has 7 heteroatoms. The Bertz CT molecular complexity index is 486. The van der Waals surface area contributed by atoms with Crippen LogP contribution in [0.3, 0.4) is 0 Å². The molecule has 0 unspecified atom stereocenters. The van der Waals surface area contributed by atoms with Crippen LogP contribution >= 0.6 is 11.6 Å². The summed E-state index contributed by atoms with van der Waals surface area (Å²) < 4.78 is 25.4. The van der Waals surface area contributed by atoms with Crippen LogP contribution in [0.15, 0.2) is 29.2 Å². The van der Waals surface area contributed by atoms with Crippen LogP contribution in [0.1, 0.15) is 6.42 Å². The van der Waals surface area contributed by atoms with Crippen molar-refractivity contribution in [2.24, 2.45) is 0 Å². The van der Waals surface area contributed by atoms with Gasteiger partial charge in [0.2, 0.25) is 10.0 Å². The average Bonchev–Trinajstić information content (AvgIpc) is 2.17. The van der Waals surface area contributed by atoms with Gasteiger partial charge in [-0.25, -0.2) is 13.1 Å². The van der Waals surface area contributed by atoms with Crippen molar-refractivity contribution in [1.29, 1.82) is 0 Å². The Morgan fingerprint density at radius 1 is 1.38 bits per heavy atom. The van der Waals surface area contributed by atoms with Crippen molar-refractivity contribution in [3.63, 3.8) is 0 Å². The first kappa shape index (κ1) is 13.0. The number of benzene rings is 1. The maximum absolute atomic E-state index is 11.6. The minimum absolute atomic E-state index is 0.0537. The molecule has 16 heavy (non-hydrogen) atoms. The van der Waals surface area contributed by atoms with Gasteiger partial charge in [-0.2, -0.15) is 0 Å². The third kappa shape index (κ3) is 3.48. The van der Waals surface area contributed by atoms with Crippen LogP contribution in [0, 0.1) is 0 Å². The number of carboxylic acids is 1. The first-order chi connectivity index (χ1) is 7.43. The van der Waals surface area contributed by atoms with Crippen molar-refractivity contribution in [3.8, 4) is 0 Å². The zero-order valence-electron chi connectivity index (χ0n) is 8.18. The molecule has 0 aliphatic rings. The predicted molar refractivity (Wildman–Crippen MR) is 58.9 cm³/mol. The van der Waals surface area contributed by atoms with Gasteiger partial charge in [-0.1, -0.05) is 23.7 Å². The quantitative estimate of drug-likeness (QED) is 0.833. The van der Waals surface area contributed by atoms with E-state index in [4.69, 9.17) is 16.7 Å². The maximum atomic E-state index is 11.6. The van der Waals surface area contributed by atoms with Crippen molar-refractivity contribution in [1.82, 2.24) is 4.72 Å². The lowest BCUT2D eigenvalue weighted by Gasteiger charge is -2.06. The SMILES string of the molecule is O=C(O)CCNS(=O)(=O)c1ccccc1Cl. The van der Waals surface area contributed by atoms with E-state index in [0.29, 0.717) is 0 Å². The monoisotopic (exact) mass is 263 g/mol. The number of carbonyl (C=O) groups is 1. The van der Waals surface area contributed by atoms with E-state index in [0.717, 1.165) is 0 Å². The van der Waals surface area contributed by atoms with Gasteiger partial charge in [0.15, 0.2) is 0 Å². The molecule has 1 aromatic rings. The first-order valence-electron chi connectivity index (χ1n) is 4.39. The number of hydrogen-bond acceptors (Lipinski definition) is 3. The largest absolute Gasteiger partial charge is 0.481 e. The molecule has 2 N–H and O–H groups in total. The zero-order chi connectivity index (χ0) is 12.2. The molecule has 0 bridgehead atoms. The summed E-state index contributed by atoms with van der Waals surface area (Å²) in [5.74, 6) is -1.07. The minimum Gasteiger partial charge on any atom is -0.481 e. The average molecular weight is 264 g/mol. The molecule has 0 fully saturated rings. The third-order valence-corrected chi connectivity index (χ3v) is 3.72. The van der Waals surface area contributed by atoms with Crippen LogP contribution < -0.4 is 4.72 Å². The molecule has 0 aliphatic carbocycles. The highest BCUT2D eigenvalue weighted by molar-refractivity contribution is 7.89. The Morgan fingerprint density at radius 2 is 2.00 bits per heavy atom. The van der Waals surface area contributed by atoms with Gasteiger partial charge in [-0.05, 0) is 12.1 Å². The van der Waals surface area contributed by atoms with Crippen molar-refractivity contribution >= 4 is 27.6 Å². The first-order valence-corrected chi connectivity index (χ1v) is 6.25. The molecule has 0 aliphatic heterocycles. The molecule has 0 radical (unpaired) electrons. The smallest absolute Gasteiger partial charge is 0.304 e. The summed E-state index contributed by atoms with van der Waals surface area (Å²) in [5.41, 5.74) is 0. The van der Waals surface area contributed by atoms with Gasteiger partial charge in [-0.15, -0.1) is 0 Å². The molecular weight excluding hydrogens is 254 g/mol. The predicted octanol–water partition coefficient (Wildman–Crippen LogP) is 1.09. The van der Waals surface area contributed by atoms with Crippen molar-refractivity contribution < 1.29 is 18.3 Å². The van der Waals surface area contributed by atoms with Crippen molar-refractivity contribution in [2.75, 3.05) is 6.54 Å². The standard InChI is InChI=1S/C9H10ClNO4S/c10-7-3-1-2-4-8(7)16(14,15)11-6-5-9(12)13/h1-4,11H,5-6H2,(H,12,13). The minimum atomic E-state index is -3.73. The lowest BCUT2D eigenvalue weighted by molar-refractivity contribution is -0.136. The van der Waals surface area contributed by atoms with Gasteiger partial charge in [0.1, 0.15) is 4.90 Å². The molecule has 0 aromatic heterocycles. The second-order valence-corrected chi connectivity index (χ2v) is 5.11. The zero-order valence-corrected chi connectivity index (χ0v) is 9.75. The van der Waals surface area contributed by atoms with Gasteiger partial charge in [-0.3, -0.25) is 4.79 Å². The molecular formula is C9H10ClNO4S. The molecule has 0 saturated carbocycles. The van der Waals surface area contributed by atoms with Gasteiger partial charge in [0.05, 0.1) is 11.4 Å². The Hall–Kier alpha value is -1.11. The summed E-state index contributed by atoms with van der Waals surface area (Å²) in [7, 11) is -3.73. The summed E-state index contributed by atoms with van der Waals surface area (Å²) >= 11 is 5.71. The van der Waals surface area contributed by atoms with E-state index in [-0.39, 0.29) is 22.9 Å². The molecule has 1 aromatic carbocycles. The molecule has 0 spiro atoms. The second kappa shape index (κ2) is 5.29. The summed E-state index contributed by atoms with van der Waals surface area (Å²) in [4.78, 5) is 10.2. The lowest BCUT2D eigenvalue weighted by atomic mass is 10.4. The fraction of sp³-hybridized carbons (Fsp3) is 0.222. The van der Waals surface area contributed by atoms with Crippen LogP contribution in [0.4, 0.5) is 0 Å². The Kier molecular flexibility index (Phi) is 4.28. The molecule has 0 saturated heterocycles. The third-order valence-electron chi connectivity index (χ3n) is 1.76. The molecule has 0 heterocycles. The molecule has 0 atom stereocenters. The van der Waals surface area contributed by atoms with E-state index >= 15 is 0 Å². The number of rotatable bonds is 5. The van der Waals surface area contributed by atoms with E-state index in [2.05, 4.69) is 4.72 Å². The molecule has 1 rings (SSSR count). The highest BCUT2D eigenvalue weighted by Crippen LogP contribution is 2.19. The van der Waals surface area contributed by atoms with Gasteiger partial charge in [0.25, 0.3) is 0 Å². The Labute approximate surface area is 98.1 Å². The van der Waals surface area contributed by atoms with Gasteiger partial charge in [0, 0.05) is 6.54 Å². The van der Waals surface area contributed by atoms with E-state index < -0.39 is 16.0 Å². The van der Waals surface area contributed by atoms with Crippen LogP contribution in [-0.2, 0) is 14.8 Å². The number of halogens is 1. The van der Waals surface area contributed by atoms with Crippen LogP contribution in [-0.4, -0.2) is 26.0 Å². The van der Waals surface area contributed by atoms with Crippen LogP contribution in [0.25, 0.3) is 0 Å². The topological polar surface area (TPSA) is 83.5 Å². The maximum Gasteiger partial charge on any atom is 0.304 e. The normalized spacial score (nSPS) is 11.3. The van der Waals surface area contributed by atoms with E-state index in [1.807, 2.05) is 0 Å². The van der Waals surface area contributed by atoms with Crippen molar-refractivity contribution in [2.45, 2.75) is 11.3 Å². The number of carboxylic acid groups (broad SMARTS) is 1. The molecule has 88 valence electrons. The fourth-order valence-electron chi connectivity index (χ4n) is 1.03. The van der Waals surface area contributed by atoms with Crippen LogP contribution in [0.5, 0.6) is 0 Å². The molecule has 5 nitrogen and oxygen atoms in total. The number of nitrogens with one attached hydrogen (secondary N) is 1. The number of hydrogen-bond donors (Lipinski definition) is 2. The highest BCUT2D eigenvalue weighted by atomic mass is 35.5. The Morgan fingerprint density at radius 3 is 2.56 bits per heavy atom. The van der Waals surface area contributed by atoms with Gasteiger partial charge >= 0.3 is 5.97 Å². The van der Waals surface area contributed by atoms with E-state index in [9.17, 15) is 13.2 Å². The number of aliphatic carboxylic acids is 1. The lowest BCUT2D eigenvalue weighted by Crippen LogP contribution is -2.26. The highest BCUT2D eigenvalue weighted by Gasteiger charge is 2.16. The van der Waals surface area contributed by atoms with E-state index in [1.54, 1.807) is 6.07 Å². The second-order valence-electron chi connectivity index (χ2n) is 2.97. The summed E-state index contributed by atoms with van der Waals surface area (Å²) in [6.07, 6.45) is -0.274. The van der Waals surface area contributed by atoms with E-state index in [1.165, 1.54) is 18.2 Å². The van der Waals surface area contributed by atoms with Crippen molar-refractivity contribution in [3.05, 3.63) is 29.3 Å². The van der Waals surface area contributed by atoms with Crippen LogP contribution in [0.2, 0.25) is 5.02 Å². The summed E-state index contributed by atoms with van der Waals surface area (Å²) in [6, 6.07) is 5.95. The Balaban J connectivity index is 2.79. The fourth-order valence-corrected chi connectivity index (χ4v) is 2.58. The summed E-state index contributed by atoms with van der Waals surface area (Å²) in [6.45, 7) is -0.164. The van der Waals surface area contributed by atoms with Gasteiger partial charge < -0.3 is 5.11 Å². The number of sulfonamides is 1. The summed E-state index contributed by atoms with van der Waals surface area (Å²) in [5, 5.41) is 8.48.